The Kier molecular flexibility index (Phi) is 8.11. The zero-order chi connectivity index (χ0) is 23.8. The van der Waals surface area contributed by atoms with E-state index in [1.165, 1.54) is 5.56 Å². The van der Waals surface area contributed by atoms with E-state index in [1.54, 1.807) is 32.9 Å². The lowest BCUT2D eigenvalue weighted by Gasteiger charge is -2.34. The van der Waals surface area contributed by atoms with Crippen LogP contribution >= 0.6 is 0 Å². The van der Waals surface area contributed by atoms with Crippen molar-refractivity contribution in [2.45, 2.75) is 58.1 Å². The number of hydrogen-bond acceptors (Lipinski definition) is 4. The van der Waals surface area contributed by atoms with Gasteiger partial charge in [-0.05, 0) is 69.2 Å². The predicted octanol–water partition coefficient (Wildman–Crippen LogP) is 4.48. The maximum absolute atomic E-state index is 13.4. The zero-order valence-electron chi connectivity index (χ0n) is 19.7. The van der Waals surface area contributed by atoms with Crippen LogP contribution in [0.1, 0.15) is 50.3 Å². The molecule has 1 aliphatic rings. The van der Waals surface area contributed by atoms with Crippen molar-refractivity contribution >= 4 is 12.0 Å². The van der Waals surface area contributed by atoms with Gasteiger partial charge in [-0.3, -0.25) is 4.79 Å². The summed E-state index contributed by atoms with van der Waals surface area (Å²) in [6.45, 7) is 6.73. The van der Waals surface area contributed by atoms with Crippen LogP contribution in [0.2, 0.25) is 0 Å². The van der Waals surface area contributed by atoms with Gasteiger partial charge in [-0.25, -0.2) is 4.79 Å². The Hall–Kier alpha value is -3.33. The fraction of sp³-hybridized carbons (Fsp3) is 0.444. The van der Waals surface area contributed by atoms with Crippen molar-refractivity contribution in [1.29, 1.82) is 5.26 Å². The highest BCUT2D eigenvalue weighted by molar-refractivity contribution is 5.86. The average Bonchev–Trinajstić information content (AvgIpc) is 2.78. The van der Waals surface area contributed by atoms with Crippen molar-refractivity contribution < 1.29 is 14.3 Å². The third-order valence-corrected chi connectivity index (χ3v) is 5.81. The highest BCUT2D eigenvalue weighted by atomic mass is 16.6. The summed E-state index contributed by atoms with van der Waals surface area (Å²) in [5.74, 6) is 0.454. The maximum Gasteiger partial charge on any atom is 0.408 e. The largest absolute Gasteiger partial charge is 0.444 e. The van der Waals surface area contributed by atoms with E-state index in [0.29, 0.717) is 31.0 Å². The van der Waals surface area contributed by atoms with Gasteiger partial charge in [-0.1, -0.05) is 42.5 Å². The van der Waals surface area contributed by atoms with Crippen molar-refractivity contribution in [2.75, 3.05) is 13.1 Å². The second kappa shape index (κ2) is 11.0. The molecule has 2 aromatic rings. The third-order valence-electron chi connectivity index (χ3n) is 5.81. The lowest BCUT2D eigenvalue weighted by atomic mass is 9.90. The Morgan fingerprint density at radius 3 is 2.27 bits per heavy atom. The van der Waals surface area contributed by atoms with E-state index in [9.17, 15) is 9.59 Å². The molecule has 6 heteroatoms. The summed E-state index contributed by atoms with van der Waals surface area (Å²) in [5.41, 5.74) is 2.11. The number of nitrogens with zero attached hydrogens (tertiary/aromatic N) is 2. The molecule has 3 rings (SSSR count). The van der Waals surface area contributed by atoms with Gasteiger partial charge >= 0.3 is 6.09 Å². The molecular formula is C27H33N3O3. The van der Waals surface area contributed by atoms with E-state index in [4.69, 9.17) is 10.00 Å². The number of likely N-dealkylation sites (tertiary alicyclic amines) is 1. The highest BCUT2D eigenvalue weighted by Gasteiger charge is 2.31. The maximum atomic E-state index is 13.4. The smallest absolute Gasteiger partial charge is 0.408 e. The number of carbonyl (C=O) groups excluding carboxylic acids is 2. The van der Waals surface area contributed by atoms with Gasteiger partial charge in [0, 0.05) is 19.5 Å². The van der Waals surface area contributed by atoms with Crippen molar-refractivity contribution in [3.05, 3.63) is 71.3 Å². The normalized spacial score (nSPS) is 15.4. The Balaban J connectivity index is 1.64. The van der Waals surface area contributed by atoms with Crippen LogP contribution in [0.4, 0.5) is 4.79 Å². The Morgan fingerprint density at radius 2 is 1.70 bits per heavy atom. The molecule has 6 nitrogen and oxygen atoms in total. The van der Waals surface area contributed by atoms with Crippen molar-refractivity contribution in [3.8, 4) is 6.07 Å². The molecule has 0 saturated carbocycles. The molecule has 0 aliphatic carbocycles. The highest BCUT2D eigenvalue weighted by Crippen LogP contribution is 2.23. The minimum Gasteiger partial charge on any atom is -0.444 e. The number of amides is 2. The summed E-state index contributed by atoms with van der Waals surface area (Å²) < 4.78 is 5.40. The standard InChI is InChI=1S/C27H33N3O3/c1-27(2,3)33-26(32)29-24(18-21-9-11-23(19-28)12-10-21)25(31)30-15-13-22(14-16-30)17-20-7-5-4-6-8-20/h4-12,22,24H,13-18H2,1-3H3,(H,29,32)/t24-/m0/s1. The molecule has 1 saturated heterocycles. The van der Waals surface area contributed by atoms with E-state index >= 15 is 0 Å². The van der Waals surface area contributed by atoms with Crippen molar-refractivity contribution in [3.63, 3.8) is 0 Å². The Morgan fingerprint density at radius 1 is 1.06 bits per heavy atom. The van der Waals surface area contributed by atoms with Crippen LogP contribution in [-0.4, -0.2) is 41.6 Å². The van der Waals surface area contributed by atoms with E-state index in [2.05, 4.69) is 35.7 Å². The molecule has 2 amide bonds. The number of ether oxygens (including phenoxy) is 1. The molecule has 0 spiro atoms. The first-order valence-electron chi connectivity index (χ1n) is 11.5. The zero-order valence-corrected chi connectivity index (χ0v) is 19.7. The molecule has 0 aromatic heterocycles. The van der Waals surface area contributed by atoms with Gasteiger partial charge < -0.3 is 15.0 Å². The molecule has 0 radical (unpaired) electrons. The number of nitriles is 1. The molecule has 1 fully saturated rings. The van der Waals surface area contributed by atoms with Crippen LogP contribution < -0.4 is 5.32 Å². The van der Waals surface area contributed by atoms with Crippen LogP contribution in [0, 0.1) is 17.2 Å². The SMILES string of the molecule is CC(C)(C)OC(=O)N[C@@H](Cc1ccc(C#N)cc1)C(=O)N1CCC(Cc2ccccc2)CC1. The van der Waals surface area contributed by atoms with E-state index in [1.807, 2.05) is 23.1 Å². The van der Waals surface area contributed by atoms with Crippen LogP contribution in [0.3, 0.4) is 0 Å². The van der Waals surface area contributed by atoms with Crippen molar-refractivity contribution in [2.24, 2.45) is 5.92 Å². The minimum atomic E-state index is -0.724. The summed E-state index contributed by atoms with van der Waals surface area (Å²) in [4.78, 5) is 27.7. The van der Waals surface area contributed by atoms with Gasteiger partial charge in [-0.2, -0.15) is 5.26 Å². The van der Waals surface area contributed by atoms with Gasteiger partial charge in [0.05, 0.1) is 11.6 Å². The number of piperidine rings is 1. The lowest BCUT2D eigenvalue weighted by Crippen LogP contribution is -2.52. The second-order valence-corrected chi connectivity index (χ2v) is 9.67. The Bertz CT molecular complexity index is 966. The number of nitrogens with one attached hydrogen (secondary N) is 1. The second-order valence-electron chi connectivity index (χ2n) is 9.67. The number of carbonyl (C=O) groups is 2. The monoisotopic (exact) mass is 447 g/mol. The number of rotatable bonds is 6. The summed E-state index contributed by atoms with van der Waals surface area (Å²) in [7, 11) is 0. The first kappa shape index (κ1) is 24.3. The van der Waals surface area contributed by atoms with Gasteiger partial charge in [0.2, 0.25) is 5.91 Å². The summed E-state index contributed by atoms with van der Waals surface area (Å²) >= 11 is 0. The number of hydrogen-bond donors (Lipinski definition) is 1. The molecule has 2 aromatic carbocycles. The van der Waals surface area contributed by atoms with Gasteiger partial charge in [0.15, 0.2) is 0 Å². The van der Waals surface area contributed by atoms with Crippen LogP contribution in [0.5, 0.6) is 0 Å². The summed E-state index contributed by atoms with van der Waals surface area (Å²) in [6.07, 6.45) is 2.64. The van der Waals surface area contributed by atoms with E-state index in [0.717, 1.165) is 24.8 Å². The molecule has 1 atom stereocenters. The fourth-order valence-electron chi connectivity index (χ4n) is 4.13. The molecule has 174 valence electrons. The average molecular weight is 448 g/mol. The first-order chi connectivity index (χ1) is 15.7. The third kappa shape index (κ3) is 7.64. The van der Waals surface area contributed by atoms with Gasteiger partial charge in [0.1, 0.15) is 11.6 Å². The lowest BCUT2D eigenvalue weighted by molar-refractivity contribution is -0.134. The van der Waals surface area contributed by atoms with Crippen molar-refractivity contribution in [1.82, 2.24) is 10.2 Å². The summed E-state index contributed by atoms with van der Waals surface area (Å²) in [5, 5.41) is 11.8. The molecule has 1 heterocycles. The van der Waals surface area contributed by atoms with Crippen LogP contribution in [-0.2, 0) is 22.4 Å². The van der Waals surface area contributed by atoms with E-state index < -0.39 is 17.7 Å². The molecule has 1 aliphatic heterocycles. The molecule has 0 bridgehead atoms. The van der Waals surface area contributed by atoms with E-state index in [-0.39, 0.29) is 5.91 Å². The number of alkyl carbamates (subject to hydrolysis) is 1. The van der Waals surface area contributed by atoms with Gasteiger partial charge in [0.25, 0.3) is 0 Å². The number of benzene rings is 2. The predicted molar refractivity (Wildman–Crippen MR) is 127 cm³/mol. The quantitative estimate of drug-likeness (QED) is 0.708. The fourth-order valence-corrected chi connectivity index (χ4v) is 4.13. The molecule has 0 unspecified atom stereocenters. The summed E-state index contributed by atoms with van der Waals surface area (Å²) in [6, 6.07) is 18.9. The van der Waals surface area contributed by atoms with Gasteiger partial charge in [-0.15, -0.1) is 0 Å². The Labute approximate surface area is 196 Å². The molecular weight excluding hydrogens is 414 g/mol. The first-order valence-corrected chi connectivity index (χ1v) is 11.5. The minimum absolute atomic E-state index is 0.0941. The molecule has 1 N–H and O–H groups in total. The topological polar surface area (TPSA) is 82.4 Å². The van der Waals surface area contributed by atoms with Crippen LogP contribution in [0.15, 0.2) is 54.6 Å². The molecule has 33 heavy (non-hydrogen) atoms. The van der Waals surface area contributed by atoms with Crippen LogP contribution in [0.25, 0.3) is 0 Å².